The molecule has 0 fully saturated rings. The Balaban J connectivity index is 1.38. The molecule has 8 aromatic rings. The maximum Gasteiger partial charge on any atom is 0.167 e. The second kappa shape index (κ2) is 10.4. The molecule has 0 amide bonds. The van der Waals surface area contributed by atoms with Gasteiger partial charge in [-0.2, -0.15) is 0 Å². The molecule has 4 aromatic heterocycles. The molecule has 0 aliphatic heterocycles. The zero-order chi connectivity index (χ0) is 28.6. The summed E-state index contributed by atoms with van der Waals surface area (Å²) in [5.41, 5.74) is 8.16. The smallest absolute Gasteiger partial charge is 0.167 e. The van der Waals surface area contributed by atoms with Crippen LogP contribution in [0.3, 0.4) is 0 Å². The molecule has 4 heterocycles. The lowest BCUT2D eigenvalue weighted by Gasteiger charge is -2.12. The van der Waals surface area contributed by atoms with Crippen LogP contribution in [0.1, 0.15) is 0 Å². The Morgan fingerprint density at radius 2 is 1.00 bits per heavy atom. The second-order valence-electron chi connectivity index (χ2n) is 10.2. The Labute approximate surface area is 247 Å². The molecule has 0 aliphatic carbocycles. The largest absolute Gasteiger partial charge is 0.455 e. The SMILES string of the molecule is c1ccc(-c2nc(-c3cc(-c4cccnc4)cc(-c4cccnc4)c3)nc(-c3cccc4c3oc3ccccc34)n2)cc1. The molecule has 4 aromatic carbocycles. The molecule has 43 heavy (non-hydrogen) atoms. The number of benzene rings is 4. The average molecular weight is 554 g/mol. The Hall–Kier alpha value is -6.01. The number of pyridine rings is 2. The predicted octanol–water partition coefficient (Wildman–Crippen LogP) is 8.90. The van der Waals surface area contributed by atoms with Gasteiger partial charge in [0.1, 0.15) is 11.2 Å². The first kappa shape index (κ1) is 24.8. The van der Waals surface area contributed by atoms with Crippen LogP contribution >= 0.6 is 0 Å². The summed E-state index contributed by atoms with van der Waals surface area (Å²) in [6, 6.07) is 38.5. The van der Waals surface area contributed by atoms with E-state index in [-0.39, 0.29) is 0 Å². The maximum absolute atomic E-state index is 6.37. The van der Waals surface area contributed by atoms with Crippen LogP contribution in [-0.2, 0) is 0 Å². The van der Waals surface area contributed by atoms with Crippen LogP contribution in [0.4, 0.5) is 0 Å². The van der Waals surface area contributed by atoms with Crippen molar-refractivity contribution in [2.24, 2.45) is 0 Å². The van der Waals surface area contributed by atoms with Gasteiger partial charge in [0.25, 0.3) is 0 Å². The molecule has 0 aliphatic rings. The van der Waals surface area contributed by atoms with Crippen LogP contribution in [-0.4, -0.2) is 24.9 Å². The summed E-state index contributed by atoms with van der Waals surface area (Å²) in [6.45, 7) is 0. The fraction of sp³-hybridized carbons (Fsp3) is 0. The van der Waals surface area contributed by atoms with Gasteiger partial charge in [-0.25, -0.2) is 15.0 Å². The summed E-state index contributed by atoms with van der Waals surface area (Å²) in [5, 5.41) is 2.08. The van der Waals surface area contributed by atoms with Crippen LogP contribution in [0, 0.1) is 0 Å². The van der Waals surface area contributed by atoms with Gasteiger partial charge >= 0.3 is 0 Å². The number of aromatic nitrogens is 5. The average Bonchev–Trinajstić information content (AvgIpc) is 3.48. The fourth-order valence-electron chi connectivity index (χ4n) is 5.42. The van der Waals surface area contributed by atoms with Crippen LogP contribution in [0.25, 0.3) is 78.4 Å². The minimum absolute atomic E-state index is 0.545. The van der Waals surface area contributed by atoms with Crippen molar-refractivity contribution < 1.29 is 4.42 Å². The van der Waals surface area contributed by atoms with Gasteiger partial charge in [0, 0.05) is 57.8 Å². The van der Waals surface area contributed by atoms with E-state index >= 15 is 0 Å². The number of nitrogens with zero attached hydrogens (tertiary/aromatic N) is 5. The number of rotatable bonds is 5. The summed E-state index contributed by atoms with van der Waals surface area (Å²) < 4.78 is 6.37. The molecule has 0 unspecified atom stereocenters. The molecule has 6 nitrogen and oxygen atoms in total. The summed E-state index contributed by atoms with van der Waals surface area (Å²) in [5.74, 6) is 1.69. The van der Waals surface area contributed by atoms with Gasteiger partial charge in [0.15, 0.2) is 17.5 Å². The molecule has 6 heteroatoms. The van der Waals surface area contributed by atoms with E-state index in [4.69, 9.17) is 19.4 Å². The van der Waals surface area contributed by atoms with Crippen molar-refractivity contribution in [3.05, 3.63) is 140 Å². The fourth-order valence-corrected chi connectivity index (χ4v) is 5.42. The predicted molar refractivity (Wildman–Crippen MR) is 170 cm³/mol. The zero-order valence-electron chi connectivity index (χ0n) is 22.9. The quantitative estimate of drug-likeness (QED) is 0.212. The molecular weight excluding hydrogens is 530 g/mol. The van der Waals surface area contributed by atoms with Crippen LogP contribution < -0.4 is 0 Å². The lowest BCUT2D eigenvalue weighted by atomic mass is 9.97. The summed E-state index contributed by atoms with van der Waals surface area (Å²) >= 11 is 0. The van der Waals surface area contributed by atoms with Crippen molar-refractivity contribution in [2.75, 3.05) is 0 Å². The number of hydrogen-bond donors (Lipinski definition) is 0. The minimum atomic E-state index is 0.545. The molecule has 0 atom stereocenters. The van der Waals surface area contributed by atoms with Crippen molar-refractivity contribution in [2.45, 2.75) is 0 Å². The molecule has 0 N–H and O–H groups in total. The van der Waals surface area contributed by atoms with Gasteiger partial charge in [0.05, 0.1) is 5.56 Å². The van der Waals surface area contributed by atoms with Gasteiger partial charge in [-0.3, -0.25) is 9.97 Å². The topological polar surface area (TPSA) is 77.6 Å². The first-order valence-corrected chi connectivity index (χ1v) is 14.0. The van der Waals surface area contributed by atoms with Crippen molar-refractivity contribution in [1.82, 2.24) is 24.9 Å². The number of furan rings is 1. The Morgan fingerprint density at radius 1 is 0.419 bits per heavy atom. The van der Waals surface area contributed by atoms with E-state index in [2.05, 4.69) is 52.4 Å². The van der Waals surface area contributed by atoms with Gasteiger partial charge in [0.2, 0.25) is 0 Å². The lowest BCUT2D eigenvalue weighted by Crippen LogP contribution is -2.01. The van der Waals surface area contributed by atoms with Crippen LogP contribution in [0.15, 0.2) is 144 Å². The van der Waals surface area contributed by atoms with E-state index in [1.54, 1.807) is 12.4 Å². The second-order valence-corrected chi connectivity index (χ2v) is 10.2. The number of fused-ring (bicyclic) bond motifs is 3. The van der Waals surface area contributed by atoms with E-state index in [0.29, 0.717) is 17.5 Å². The Bertz CT molecular complexity index is 2170. The van der Waals surface area contributed by atoms with Gasteiger partial charge in [-0.05, 0) is 53.6 Å². The molecule has 0 saturated heterocycles. The number of para-hydroxylation sites is 2. The highest BCUT2D eigenvalue weighted by atomic mass is 16.3. The highest BCUT2D eigenvalue weighted by Gasteiger charge is 2.18. The molecule has 0 bridgehead atoms. The van der Waals surface area contributed by atoms with E-state index in [0.717, 1.165) is 60.9 Å². The van der Waals surface area contributed by atoms with Crippen LogP contribution in [0.5, 0.6) is 0 Å². The molecule has 202 valence electrons. The standard InChI is InChI=1S/C37H23N5O/c1-2-9-24(10-3-1)35-40-36(42-37(41-35)32-15-6-14-31-30-13-4-5-16-33(30)43-34(31)32)29-20-27(25-11-7-17-38-22-25)19-28(21-29)26-12-8-18-39-23-26/h1-23H. The lowest BCUT2D eigenvalue weighted by molar-refractivity contribution is 0.669. The van der Waals surface area contributed by atoms with E-state index in [1.807, 2.05) is 85.2 Å². The van der Waals surface area contributed by atoms with Crippen LogP contribution in [0.2, 0.25) is 0 Å². The van der Waals surface area contributed by atoms with E-state index in [1.165, 1.54) is 0 Å². The van der Waals surface area contributed by atoms with Gasteiger partial charge in [-0.15, -0.1) is 0 Å². The van der Waals surface area contributed by atoms with E-state index in [9.17, 15) is 0 Å². The molecule has 8 rings (SSSR count). The zero-order valence-corrected chi connectivity index (χ0v) is 22.9. The number of hydrogen-bond acceptors (Lipinski definition) is 6. The van der Waals surface area contributed by atoms with Gasteiger partial charge < -0.3 is 4.42 Å². The third-order valence-electron chi connectivity index (χ3n) is 7.49. The van der Waals surface area contributed by atoms with E-state index < -0.39 is 0 Å². The first-order valence-electron chi connectivity index (χ1n) is 14.0. The third kappa shape index (κ3) is 4.61. The summed E-state index contributed by atoms with van der Waals surface area (Å²) in [4.78, 5) is 23.8. The monoisotopic (exact) mass is 553 g/mol. The Morgan fingerprint density at radius 3 is 1.70 bits per heavy atom. The van der Waals surface area contributed by atoms with Gasteiger partial charge in [-0.1, -0.05) is 72.8 Å². The molecular formula is C37H23N5O. The van der Waals surface area contributed by atoms with Crippen molar-refractivity contribution in [3.63, 3.8) is 0 Å². The van der Waals surface area contributed by atoms with Crippen molar-refractivity contribution in [1.29, 1.82) is 0 Å². The highest BCUT2D eigenvalue weighted by molar-refractivity contribution is 6.09. The molecule has 0 saturated carbocycles. The Kier molecular flexibility index (Phi) is 6.01. The molecule has 0 spiro atoms. The maximum atomic E-state index is 6.37. The van der Waals surface area contributed by atoms with Crippen molar-refractivity contribution in [3.8, 4) is 56.4 Å². The first-order chi connectivity index (χ1) is 21.3. The summed E-state index contributed by atoms with van der Waals surface area (Å²) in [6.07, 6.45) is 7.28. The normalized spacial score (nSPS) is 11.3. The third-order valence-corrected chi connectivity index (χ3v) is 7.49. The summed E-state index contributed by atoms with van der Waals surface area (Å²) in [7, 11) is 0. The van der Waals surface area contributed by atoms with Crippen molar-refractivity contribution >= 4 is 21.9 Å². The minimum Gasteiger partial charge on any atom is -0.455 e. The highest BCUT2D eigenvalue weighted by Crippen LogP contribution is 2.37. The molecule has 0 radical (unpaired) electrons.